The van der Waals surface area contributed by atoms with Crippen LogP contribution >= 0.6 is 23.2 Å². The molecule has 0 saturated heterocycles. The van der Waals surface area contributed by atoms with Crippen molar-refractivity contribution in [1.29, 1.82) is 0 Å². The fourth-order valence-corrected chi connectivity index (χ4v) is 5.65. The SMILES string of the molecule is CNC(=O)[C@@H](C)N(Cc1cccc(OC)c1)C(=O)CN(c1cc(Cl)ccc1Cl)S(=O)(=O)c1ccc(C)cc1. The van der Waals surface area contributed by atoms with Gasteiger partial charge in [-0.2, -0.15) is 0 Å². The van der Waals surface area contributed by atoms with Crippen LogP contribution in [0.3, 0.4) is 0 Å². The predicted octanol–water partition coefficient (Wildman–Crippen LogP) is 4.67. The number of methoxy groups -OCH3 is 1. The normalized spacial score (nSPS) is 11.9. The van der Waals surface area contributed by atoms with Gasteiger partial charge in [0.2, 0.25) is 11.8 Å². The molecule has 11 heteroatoms. The van der Waals surface area contributed by atoms with E-state index in [4.69, 9.17) is 27.9 Å². The summed E-state index contributed by atoms with van der Waals surface area (Å²) in [6.45, 7) is 2.82. The first kappa shape index (κ1) is 29.3. The van der Waals surface area contributed by atoms with Crippen molar-refractivity contribution in [2.75, 3.05) is 25.0 Å². The molecule has 8 nitrogen and oxygen atoms in total. The fraction of sp³-hybridized carbons (Fsp3) is 0.259. The number of carbonyl (C=O) groups excluding carboxylic acids is 2. The molecule has 38 heavy (non-hydrogen) atoms. The highest BCUT2D eigenvalue weighted by Crippen LogP contribution is 2.33. The van der Waals surface area contributed by atoms with E-state index in [-0.39, 0.29) is 27.2 Å². The van der Waals surface area contributed by atoms with E-state index in [2.05, 4.69) is 5.32 Å². The van der Waals surface area contributed by atoms with Crippen LogP contribution < -0.4 is 14.4 Å². The minimum absolute atomic E-state index is 0.0226. The number of amides is 2. The van der Waals surface area contributed by atoms with E-state index in [1.807, 2.05) is 6.92 Å². The van der Waals surface area contributed by atoms with Crippen molar-refractivity contribution >= 4 is 50.7 Å². The number of rotatable bonds is 10. The Morgan fingerprint density at radius 3 is 2.34 bits per heavy atom. The number of nitrogens with zero attached hydrogens (tertiary/aromatic N) is 2. The molecule has 0 saturated carbocycles. The van der Waals surface area contributed by atoms with E-state index in [0.717, 1.165) is 9.87 Å². The average molecular weight is 579 g/mol. The fourth-order valence-electron chi connectivity index (χ4n) is 3.79. The molecule has 0 radical (unpaired) electrons. The van der Waals surface area contributed by atoms with Gasteiger partial charge in [0.25, 0.3) is 10.0 Å². The molecule has 0 spiro atoms. The zero-order valence-corrected chi connectivity index (χ0v) is 23.8. The summed E-state index contributed by atoms with van der Waals surface area (Å²) in [5.41, 5.74) is 1.61. The number of benzene rings is 3. The van der Waals surface area contributed by atoms with Crippen LogP contribution in [0.15, 0.2) is 71.6 Å². The van der Waals surface area contributed by atoms with Crippen LogP contribution in [0.25, 0.3) is 0 Å². The van der Waals surface area contributed by atoms with Crippen LogP contribution in [0.1, 0.15) is 18.1 Å². The molecule has 0 unspecified atom stereocenters. The Hall–Kier alpha value is -3.27. The standard InChI is InChI=1S/C27H29Cl2N3O5S/c1-18-8-11-23(12-9-18)38(35,36)32(25-15-21(28)10-13-24(25)29)17-26(33)31(19(2)27(34)30-3)16-20-6-5-7-22(14-20)37-4/h5-15,19H,16-17H2,1-4H3,(H,30,34)/t19-/m1/s1. The maximum Gasteiger partial charge on any atom is 0.264 e. The molecular formula is C27H29Cl2N3O5S. The number of hydrogen-bond donors (Lipinski definition) is 1. The molecule has 3 rings (SSSR count). The van der Waals surface area contributed by atoms with E-state index in [1.165, 1.54) is 49.4 Å². The summed E-state index contributed by atoms with van der Waals surface area (Å²) >= 11 is 12.6. The lowest BCUT2D eigenvalue weighted by molar-refractivity contribution is -0.139. The Kier molecular flexibility index (Phi) is 9.65. The van der Waals surface area contributed by atoms with Crippen molar-refractivity contribution in [3.63, 3.8) is 0 Å². The number of carbonyl (C=O) groups is 2. The molecule has 0 aliphatic carbocycles. The maximum absolute atomic E-state index is 13.8. The Morgan fingerprint density at radius 2 is 1.71 bits per heavy atom. The van der Waals surface area contributed by atoms with Crippen molar-refractivity contribution in [2.24, 2.45) is 0 Å². The number of sulfonamides is 1. The van der Waals surface area contributed by atoms with Gasteiger partial charge >= 0.3 is 0 Å². The highest BCUT2D eigenvalue weighted by Gasteiger charge is 2.33. The monoisotopic (exact) mass is 577 g/mol. The molecule has 3 aromatic rings. The number of halogens is 2. The van der Waals surface area contributed by atoms with Crippen LogP contribution in [0.4, 0.5) is 5.69 Å². The van der Waals surface area contributed by atoms with Crippen molar-refractivity contribution in [1.82, 2.24) is 10.2 Å². The predicted molar refractivity (Wildman–Crippen MR) is 149 cm³/mol. The summed E-state index contributed by atoms with van der Waals surface area (Å²) in [5.74, 6) is -0.442. The molecular weight excluding hydrogens is 549 g/mol. The van der Waals surface area contributed by atoms with Gasteiger partial charge in [-0.05, 0) is 61.9 Å². The quantitative estimate of drug-likeness (QED) is 0.378. The smallest absolute Gasteiger partial charge is 0.264 e. The van der Waals surface area contributed by atoms with Gasteiger partial charge in [-0.1, -0.05) is 53.0 Å². The summed E-state index contributed by atoms with van der Waals surface area (Å²) in [4.78, 5) is 27.7. The molecule has 0 aromatic heterocycles. The van der Waals surface area contributed by atoms with E-state index < -0.39 is 34.4 Å². The highest BCUT2D eigenvalue weighted by atomic mass is 35.5. The second-order valence-electron chi connectivity index (χ2n) is 8.58. The molecule has 3 aromatic carbocycles. The highest BCUT2D eigenvalue weighted by molar-refractivity contribution is 7.92. The second kappa shape index (κ2) is 12.5. The molecule has 0 aliphatic heterocycles. The first-order valence-corrected chi connectivity index (χ1v) is 13.9. The molecule has 0 aliphatic rings. The van der Waals surface area contributed by atoms with Crippen LogP contribution in [0.5, 0.6) is 5.75 Å². The Morgan fingerprint density at radius 1 is 1.03 bits per heavy atom. The summed E-state index contributed by atoms with van der Waals surface area (Å²) in [7, 11) is -1.26. The van der Waals surface area contributed by atoms with Gasteiger partial charge in [-0.3, -0.25) is 13.9 Å². The lowest BCUT2D eigenvalue weighted by atomic mass is 10.1. The Balaban J connectivity index is 2.08. The average Bonchev–Trinajstić information content (AvgIpc) is 2.91. The van der Waals surface area contributed by atoms with Crippen molar-refractivity contribution < 1.29 is 22.7 Å². The van der Waals surface area contributed by atoms with E-state index in [1.54, 1.807) is 43.3 Å². The molecule has 1 atom stereocenters. The lowest BCUT2D eigenvalue weighted by Crippen LogP contribution is -2.50. The molecule has 0 fully saturated rings. The van der Waals surface area contributed by atoms with Gasteiger partial charge < -0.3 is 15.0 Å². The van der Waals surface area contributed by atoms with Crippen LogP contribution in [0, 0.1) is 6.92 Å². The third-order valence-electron chi connectivity index (χ3n) is 5.97. The summed E-state index contributed by atoms with van der Waals surface area (Å²) in [6.07, 6.45) is 0. The molecule has 2 amide bonds. The van der Waals surface area contributed by atoms with Crippen LogP contribution in [-0.2, 0) is 26.2 Å². The van der Waals surface area contributed by atoms with E-state index in [0.29, 0.717) is 11.3 Å². The van der Waals surface area contributed by atoms with Gasteiger partial charge in [0.05, 0.1) is 22.7 Å². The lowest BCUT2D eigenvalue weighted by Gasteiger charge is -2.32. The zero-order valence-electron chi connectivity index (χ0n) is 21.4. The van der Waals surface area contributed by atoms with Crippen molar-refractivity contribution in [3.05, 3.63) is 87.9 Å². The molecule has 202 valence electrons. The zero-order chi connectivity index (χ0) is 28.0. The third-order valence-corrected chi connectivity index (χ3v) is 8.29. The molecule has 0 bridgehead atoms. The van der Waals surface area contributed by atoms with Crippen LogP contribution in [-0.4, -0.2) is 51.9 Å². The van der Waals surface area contributed by atoms with Crippen molar-refractivity contribution in [3.8, 4) is 5.75 Å². The van der Waals surface area contributed by atoms with E-state index >= 15 is 0 Å². The minimum atomic E-state index is -4.25. The number of anilines is 1. The molecule has 1 N–H and O–H groups in total. The maximum atomic E-state index is 13.8. The second-order valence-corrected chi connectivity index (χ2v) is 11.3. The Bertz CT molecular complexity index is 1410. The van der Waals surface area contributed by atoms with Gasteiger partial charge in [-0.15, -0.1) is 0 Å². The van der Waals surface area contributed by atoms with Gasteiger partial charge in [0.15, 0.2) is 0 Å². The van der Waals surface area contributed by atoms with Gasteiger partial charge in [0.1, 0.15) is 18.3 Å². The number of likely N-dealkylation sites (N-methyl/N-ethyl adjacent to an activating group) is 1. The van der Waals surface area contributed by atoms with Crippen LogP contribution in [0.2, 0.25) is 10.0 Å². The topological polar surface area (TPSA) is 96.0 Å². The van der Waals surface area contributed by atoms with Gasteiger partial charge in [-0.25, -0.2) is 8.42 Å². The number of hydrogen-bond acceptors (Lipinski definition) is 5. The minimum Gasteiger partial charge on any atom is -0.497 e. The largest absolute Gasteiger partial charge is 0.497 e. The number of nitrogens with one attached hydrogen (secondary N) is 1. The van der Waals surface area contributed by atoms with Gasteiger partial charge in [0, 0.05) is 18.6 Å². The number of aryl methyl sites for hydroxylation is 1. The number of ether oxygens (including phenoxy) is 1. The summed E-state index contributed by atoms with van der Waals surface area (Å²) < 4.78 is 33.8. The van der Waals surface area contributed by atoms with Crippen molar-refractivity contribution in [2.45, 2.75) is 31.3 Å². The van der Waals surface area contributed by atoms with E-state index in [9.17, 15) is 18.0 Å². The first-order chi connectivity index (χ1) is 18.0. The Labute approximate surface area is 233 Å². The summed E-state index contributed by atoms with van der Waals surface area (Å²) in [6, 6.07) is 16.8. The summed E-state index contributed by atoms with van der Waals surface area (Å²) in [5, 5.41) is 2.88. The first-order valence-electron chi connectivity index (χ1n) is 11.7. The third kappa shape index (κ3) is 6.78. The molecule has 0 heterocycles.